The molecule has 28 heavy (non-hydrogen) atoms. The van der Waals surface area contributed by atoms with Crippen LogP contribution < -0.4 is 14.8 Å². The van der Waals surface area contributed by atoms with Crippen molar-refractivity contribution in [2.75, 3.05) is 25.1 Å². The number of hydrogen-bond donors (Lipinski definition) is 1. The summed E-state index contributed by atoms with van der Waals surface area (Å²) in [5.41, 5.74) is 2.77. The molecule has 4 rings (SSSR count). The van der Waals surface area contributed by atoms with Gasteiger partial charge in [0.05, 0.1) is 12.5 Å². The molecule has 1 fully saturated rings. The first kappa shape index (κ1) is 18.3. The van der Waals surface area contributed by atoms with Crippen LogP contribution in [0.5, 0.6) is 11.5 Å². The number of likely N-dealkylation sites (tertiary alicyclic amines) is 1. The van der Waals surface area contributed by atoms with Crippen LogP contribution in [0, 0.1) is 0 Å². The van der Waals surface area contributed by atoms with Crippen molar-refractivity contribution in [3.8, 4) is 11.5 Å². The third-order valence-corrected chi connectivity index (χ3v) is 5.15. The van der Waals surface area contributed by atoms with Crippen LogP contribution in [0.2, 0.25) is 0 Å². The Bertz CT molecular complexity index is 879. The molecule has 0 unspecified atom stereocenters. The average molecular weight is 380 g/mol. The van der Waals surface area contributed by atoms with Crippen LogP contribution in [0.1, 0.15) is 36.9 Å². The molecule has 6 nitrogen and oxygen atoms in total. The third-order valence-electron chi connectivity index (χ3n) is 5.15. The van der Waals surface area contributed by atoms with Crippen LogP contribution >= 0.6 is 0 Å². The van der Waals surface area contributed by atoms with Gasteiger partial charge in [-0.15, -0.1) is 0 Å². The maximum Gasteiger partial charge on any atom is 0.227 e. The van der Waals surface area contributed by atoms with Crippen molar-refractivity contribution >= 4 is 17.5 Å². The van der Waals surface area contributed by atoms with E-state index in [0.717, 1.165) is 47.7 Å². The lowest BCUT2D eigenvalue weighted by molar-refractivity contribution is -0.131. The number of nitrogens with one attached hydrogen (secondary N) is 1. The number of ether oxygens (including phenoxy) is 2. The van der Waals surface area contributed by atoms with E-state index in [-0.39, 0.29) is 17.9 Å². The van der Waals surface area contributed by atoms with Crippen LogP contribution in [0.4, 0.5) is 5.69 Å². The number of carbonyl (C=O) groups is 2. The summed E-state index contributed by atoms with van der Waals surface area (Å²) in [4.78, 5) is 26.0. The van der Waals surface area contributed by atoms with Crippen molar-refractivity contribution in [2.45, 2.75) is 32.2 Å². The van der Waals surface area contributed by atoms with Gasteiger partial charge in [-0.2, -0.15) is 0 Å². The molecule has 2 amide bonds. The van der Waals surface area contributed by atoms with Gasteiger partial charge in [0, 0.05) is 19.2 Å². The van der Waals surface area contributed by atoms with Gasteiger partial charge in [0.25, 0.3) is 0 Å². The molecule has 2 aliphatic rings. The topological polar surface area (TPSA) is 67.9 Å². The molecule has 1 saturated heterocycles. The van der Waals surface area contributed by atoms with Gasteiger partial charge in [0.15, 0.2) is 11.5 Å². The van der Waals surface area contributed by atoms with Gasteiger partial charge in [0.2, 0.25) is 11.8 Å². The minimum absolute atomic E-state index is 0.0713. The quantitative estimate of drug-likeness (QED) is 0.884. The molecule has 1 atom stereocenters. The summed E-state index contributed by atoms with van der Waals surface area (Å²) in [5.74, 6) is 1.54. The number of anilines is 1. The molecule has 146 valence electrons. The van der Waals surface area contributed by atoms with Crippen molar-refractivity contribution in [3.05, 3.63) is 53.6 Å². The zero-order chi connectivity index (χ0) is 19.5. The molecule has 2 aromatic rings. The Morgan fingerprint density at radius 1 is 1.07 bits per heavy atom. The van der Waals surface area contributed by atoms with Crippen LogP contribution in [-0.4, -0.2) is 36.5 Å². The zero-order valence-corrected chi connectivity index (χ0v) is 15.9. The highest BCUT2D eigenvalue weighted by Gasteiger charge is 2.30. The number of benzene rings is 2. The highest BCUT2D eigenvalue weighted by molar-refractivity contribution is 5.88. The summed E-state index contributed by atoms with van der Waals surface area (Å²) in [6.45, 7) is 3.37. The highest BCUT2D eigenvalue weighted by Crippen LogP contribution is 2.38. The van der Waals surface area contributed by atoms with E-state index in [0.29, 0.717) is 19.6 Å². The van der Waals surface area contributed by atoms with E-state index >= 15 is 0 Å². The molecule has 2 aromatic carbocycles. The van der Waals surface area contributed by atoms with Crippen molar-refractivity contribution in [1.82, 2.24) is 4.90 Å². The molecule has 2 heterocycles. The second-order valence-electron chi connectivity index (χ2n) is 7.20. The summed E-state index contributed by atoms with van der Waals surface area (Å²) in [6.07, 6.45) is 2.29. The van der Waals surface area contributed by atoms with Gasteiger partial charge >= 0.3 is 0 Å². The normalized spacial score (nSPS) is 18.0. The van der Waals surface area contributed by atoms with E-state index in [9.17, 15) is 9.59 Å². The lowest BCUT2D eigenvalue weighted by Gasteiger charge is -2.27. The molecule has 0 bridgehead atoms. The van der Waals surface area contributed by atoms with E-state index in [1.165, 1.54) is 6.92 Å². The van der Waals surface area contributed by atoms with Gasteiger partial charge in [0.1, 0.15) is 13.2 Å². The van der Waals surface area contributed by atoms with E-state index in [2.05, 4.69) is 5.32 Å². The highest BCUT2D eigenvalue weighted by atomic mass is 16.6. The molecule has 0 aromatic heterocycles. The summed E-state index contributed by atoms with van der Waals surface area (Å²) < 4.78 is 11.3. The largest absolute Gasteiger partial charge is 0.486 e. The lowest BCUT2D eigenvalue weighted by atomic mass is 10.0. The minimum Gasteiger partial charge on any atom is -0.486 e. The van der Waals surface area contributed by atoms with E-state index in [1.807, 2.05) is 47.4 Å². The molecule has 0 spiro atoms. The standard InChI is InChI=1S/C22H24N2O4/c1-15(25)23-18-7-4-16(5-8-18)13-22(26)24-10-2-3-19(24)17-6-9-20-21(14-17)28-12-11-27-20/h4-9,14,19H,2-3,10-13H2,1H3,(H,23,25)/t19-/m1/s1. The molecule has 0 aliphatic carbocycles. The second-order valence-corrected chi connectivity index (χ2v) is 7.20. The van der Waals surface area contributed by atoms with E-state index in [1.54, 1.807) is 0 Å². The fourth-order valence-electron chi connectivity index (χ4n) is 3.86. The number of rotatable bonds is 4. The van der Waals surface area contributed by atoms with Gasteiger partial charge in [-0.05, 0) is 48.2 Å². The molecular formula is C22H24N2O4. The first-order chi connectivity index (χ1) is 13.6. The third kappa shape index (κ3) is 3.96. The Morgan fingerprint density at radius 3 is 2.57 bits per heavy atom. The van der Waals surface area contributed by atoms with Crippen molar-refractivity contribution < 1.29 is 19.1 Å². The smallest absolute Gasteiger partial charge is 0.227 e. The van der Waals surface area contributed by atoms with Crippen LogP contribution in [0.3, 0.4) is 0 Å². The lowest BCUT2D eigenvalue weighted by Crippen LogP contribution is -2.32. The van der Waals surface area contributed by atoms with E-state index in [4.69, 9.17) is 9.47 Å². The fraction of sp³-hybridized carbons (Fsp3) is 0.364. The van der Waals surface area contributed by atoms with Gasteiger partial charge in [-0.1, -0.05) is 18.2 Å². The molecular weight excluding hydrogens is 356 g/mol. The first-order valence-electron chi connectivity index (χ1n) is 9.66. The zero-order valence-electron chi connectivity index (χ0n) is 15.9. The summed E-state index contributed by atoms with van der Waals surface area (Å²) in [7, 11) is 0. The summed E-state index contributed by atoms with van der Waals surface area (Å²) in [6, 6.07) is 13.5. The van der Waals surface area contributed by atoms with Crippen LogP contribution in [-0.2, 0) is 16.0 Å². The van der Waals surface area contributed by atoms with Crippen molar-refractivity contribution in [1.29, 1.82) is 0 Å². The Kier molecular flexibility index (Phi) is 5.19. The van der Waals surface area contributed by atoms with E-state index < -0.39 is 0 Å². The van der Waals surface area contributed by atoms with Gasteiger partial charge in [-0.3, -0.25) is 9.59 Å². The number of fused-ring (bicyclic) bond motifs is 1. The SMILES string of the molecule is CC(=O)Nc1ccc(CC(=O)N2CCC[C@@H]2c2ccc3c(c2)OCCO3)cc1. The number of carbonyl (C=O) groups excluding carboxylic acids is 2. The molecule has 6 heteroatoms. The summed E-state index contributed by atoms with van der Waals surface area (Å²) >= 11 is 0. The van der Waals surface area contributed by atoms with Crippen LogP contribution in [0.25, 0.3) is 0 Å². The minimum atomic E-state index is -0.108. The van der Waals surface area contributed by atoms with Gasteiger partial charge < -0.3 is 19.7 Å². The molecule has 1 N–H and O–H groups in total. The molecule has 0 saturated carbocycles. The average Bonchev–Trinajstić information content (AvgIpc) is 3.19. The first-order valence-corrected chi connectivity index (χ1v) is 9.66. The van der Waals surface area contributed by atoms with Crippen LogP contribution in [0.15, 0.2) is 42.5 Å². The maximum absolute atomic E-state index is 13.0. The summed E-state index contributed by atoms with van der Waals surface area (Å²) in [5, 5.41) is 2.74. The monoisotopic (exact) mass is 380 g/mol. The maximum atomic E-state index is 13.0. The Morgan fingerprint density at radius 2 is 1.82 bits per heavy atom. The predicted octanol–water partition coefficient (Wildman–Crippen LogP) is 3.32. The van der Waals surface area contributed by atoms with Crippen molar-refractivity contribution in [3.63, 3.8) is 0 Å². The Hall–Kier alpha value is -3.02. The molecule has 0 radical (unpaired) electrons. The van der Waals surface area contributed by atoms with Crippen molar-refractivity contribution in [2.24, 2.45) is 0 Å². The number of nitrogens with zero attached hydrogens (tertiary/aromatic N) is 1. The number of hydrogen-bond acceptors (Lipinski definition) is 4. The fourth-order valence-corrected chi connectivity index (χ4v) is 3.86. The Labute approximate surface area is 164 Å². The Balaban J connectivity index is 1.45. The molecule has 2 aliphatic heterocycles. The van der Waals surface area contributed by atoms with Gasteiger partial charge in [-0.25, -0.2) is 0 Å². The number of amides is 2. The second kappa shape index (κ2) is 7.92. The predicted molar refractivity (Wildman–Crippen MR) is 106 cm³/mol.